The molecule has 112 valence electrons. The average molecular weight is 285 g/mol. The maximum Gasteiger partial charge on any atom is 0.123 e. The minimum atomic E-state index is -0.200. The first kappa shape index (κ1) is 15.7. The molecule has 0 saturated heterocycles. The van der Waals surface area contributed by atoms with E-state index >= 15 is 0 Å². The Bertz CT molecular complexity index is 570. The van der Waals surface area contributed by atoms with E-state index in [0.29, 0.717) is 0 Å². The highest BCUT2D eigenvalue weighted by molar-refractivity contribution is 5.35. The van der Waals surface area contributed by atoms with E-state index in [2.05, 4.69) is 50.4 Å². The van der Waals surface area contributed by atoms with Crippen molar-refractivity contribution in [2.24, 2.45) is 0 Å². The molecule has 0 aliphatic carbocycles. The summed E-state index contributed by atoms with van der Waals surface area (Å²) in [5.41, 5.74) is 3.81. The largest absolute Gasteiger partial charge is 0.309 e. The van der Waals surface area contributed by atoms with Crippen molar-refractivity contribution in [2.75, 3.05) is 7.05 Å². The quantitative estimate of drug-likeness (QED) is 0.830. The zero-order valence-electron chi connectivity index (χ0n) is 13.3. The van der Waals surface area contributed by atoms with E-state index in [0.717, 1.165) is 12.0 Å². The van der Waals surface area contributed by atoms with Crippen LogP contribution in [0.5, 0.6) is 0 Å². The average Bonchev–Trinajstić information content (AvgIpc) is 2.50. The summed E-state index contributed by atoms with van der Waals surface area (Å²) in [5.74, 6) is -0.200. The molecule has 1 nitrogen and oxygen atoms in total. The van der Waals surface area contributed by atoms with Crippen LogP contribution in [0.2, 0.25) is 0 Å². The summed E-state index contributed by atoms with van der Waals surface area (Å²) < 4.78 is 13.1. The van der Waals surface area contributed by atoms with Crippen molar-refractivity contribution in [2.45, 2.75) is 38.6 Å². The first-order chi connectivity index (χ1) is 9.97. The molecule has 0 bridgehead atoms. The van der Waals surface area contributed by atoms with Gasteiger partial charge in [-0.25, -0.2) is 4.39 Å². The van der Waals surface area contributed by atoms with E-state index in [4.69, 9.17) is 0 Å². The second-order valence-corrected chi connectivity index (χ2v) is 6.13. The highest BCUT2D eigenvalue weighted by atomic mass is 19.1. The second-order valence-electron chi connectivity index (χ2n) is 6.13. The molecule has 2 heteroatoms. The fourth-order valence-corrected chi connectivity index (χ4v) is 2.51. The third-order valence-electron chi connectivity index (χ3n) is 4.40. The Morgan fingerprint density at radius 3 is 1.86 bits per heavy atom. The van der Waals surface area contributed by atoms with Crippen molar-refractivity contribution in [3.63, 3.8) is 0 Å². The van der Waals surface area contributed by atoms with E-state index in [1.54, 1.807) is 0 Å². The lowest BCUT2D eigenvalue weighted by atomic mass is 9.81. The summed E-state index contributed by atoms with van der Waals surface area (Å²) in [6.07, 6.45) is 1.11. The van der Waals surface area contributed by atoms with Crippen LogP contribution in [0.3, 0.4) is 0 Å². The minimum absolute atomic E-state index is 0.0874. The lowest BCUT2D eigenvalue weighted by Crippen LogP contribution is -2.19. The smallest absolute Gasteiger partial charge is 0.123 e. The van der Waals surface area contributed by atoms with E-state index in [-0.39, 0.29) is 17.3 Å². The molecule has 0 aromatic heterocycles. The first-order valence-electron chi connectivity index (χ1n) is 7.51. The van der Waals surface area contributed by atoms with Gasteiger partial charge >= 0.3 is 0 Å². The summed E-state index contributed by atoms with van der Waals surface area (Å²) in [6.45, 7) is 6.73. The fourth-order valence-electron chi connectivity index (χ4n) is 2.51. The van der Waals surface area contributed by atoms with Crippen LogP contribution in [0, 0.1) is 5.82 Å². The molecule has 0 fully saturated rings. The van der Waals surface area contributed by atoms with Crippen LogP contribution in [0.15, 0.2) is 48.5 Å². The SMILES string of the molecule is CCC(C)(C)c1ccc(C(NC)c2ccc(F)cc2)cc1. The number of halogens is 1. The Morgan fingerprint density at radius 1 is 0.952 bits per heavy atom. The summed E-state index contributed by atoms with van der Waals surface area (Å²) in [7, 11) is 1.93. The van der Waals surface area contributed by atoms with Crippen LogP contribution in [0.4, 0.5) is 4.39 Å². The van der Waals surface area contributed by atoms with Crippen molar-refractivity contribution in [3.05, 3.63) is 71.0 Å². The van der Waals surface area contributed by atoms with Crippen molar-refractivity contribution in [3.8, 4) is 0 Å². The van der Waals surface area contributed by atoms with Gasteiger partial charge in [0.25, 0.3) is 0 Å². The molecular formula is C19H24FN. The molecule has 0 spiro atoms. The summed E-state index contributed by atoms with van der Waals surface area (Å²) in [6, 6.07) is 15.5. The first-order valence-corrected chi connectivity index (χ1v) is 7.51. The number of hydrogen-bond acceptors (Lipinski definition) is 1. The van der Waals surface area contributed by atoms with Crippen LogP contribution in [0.25, 0.3) is 0 Å². The fraction of sp³-hybridized carbons (Fsp3) is 0.368. The van der Waals surface area contributed by atoms with Crippen LogP contribution < -0.4 is 5.32 Å². The molecule has 0 amide bonds. The number of nitrogens with one attached hydrogen (secondary N) is 1. The number of benzene rings is 2. The van der Waals surface area contributed by atoms with Gasteiger partial charge in [-0.15, -0.1) is 0 Å². The minimum Gasteiger partial charge on any atom is -0.309 e. The van der Waals surface area contributed by atoms with E-state index in [9.17, 15) is 4.39 Å². The topological polar surface area (TPSA) is 12.0 Å². The molecule has 0 aliphatic rings. The molecule has 2 aromatic rings. The van der Waals surface area contributed by atoms with Crippen LogP contribution in [-0.4, -0.2) is 7.05 Å². The maximum atomic E-state index is 13.1. The Balaban J connectivity index is 2.29. The van der Waals surface area contributed by atoms with Crippen LogP contribution in [-0.2, 0) is 5.41 Å². The van der Waals surface area contributed by atoms with Gasteiger partial charge in [-0.05, 0) is 47.7 Å². The van der Waals surface area contributed by atoms with E-state index < -0.39 is 0 Å². The Morgan fingerprint density at radius 2 is 1.43 bits per heavy atom. The summed E-state index contributed by atoms with van der Waals surface area (Å²) in [4.78, 5) is 0. The van der Waals surface area contributed by atoms with Crippen molar-refractivity contribution in [1.82, 2.24) is 5.32 Å². The number of hydrogen-bond donors (Lipinski definition) is 1. The van der Waals surface area contributed by atoms with E-state index in [1.807, 2.05) is 19.2 Å². The van der Waals surface area contributed by atoms with Gasteiger partial charge in [-0.1, -0.05) is 57.2 Å². The lowest BCUT2D eigenvalue weighted by molar-refractivity contribution is 0.506. The zero-order valence-corrected chi connectivity index (χ0v) is 13.3. The van der Waals surface area contributed by atoms with Gasteiger partial charge in [-0.2, -0.15) is 0 Å². The molecule has 2 rings (SSSR count). The molecule has 0 saturated carbocycles. The van der Waals surface area contributed by atoms with Gasteiger partial charge in [0.1, 0.15) is 5.82 Å². The van der Waals surface area contributed by atoms with Crippen molar-refractivity contribution < 1.29 is 4.39 Å². The second kappa shape index (κ2) is 6.40. The van der Waals surface area contributed by atoms with Gasteiger partial charge < -0.3 is 5.32 Å². The zero-order chi connectivity index (χ0) is 15.5. The monoisotopic (exact) mass is 285 g/mol. The molecule has 21 heavy (non-hydrogen) atoms. The van der Waals surface area contributed by atoms with Crippen molar-refractivity contribution in [1.29, 1.82) is 0 Å². The predicted molar refractivity (Wildman–Crippen MR) is 87.1 cm³/mol. The highest BCUT2D eigenvalue weighted by Gasteiger charge is 2.19. The third-order valence-corrected chi connectivity index (χ3v) is 4.40. The normalized spacial score (nSPS) is 13.2. The maximum absolute atomic E-state index is 13.1. The summed E-state index contributed by atoms with van der Waals surface area (Å²) >= 11 is 0. The predicted octanol–water partition coefficient (Wildman–Crippen LogP) is 4.82. The molecule has 2 aromatic carbocycles. The lowest BCUT2D eigenvalue weighted by Gasteiger charge is -2.24. The molecular weight excluding hydrogens is 261 g/mol. The summed E-state index contributed by atoms with van der Waals surface area (Å²) in [5, 5.41) is 3.30. The Hall–Kier alpha value is -1.67. The highest BCUT2D eigenvalue weighted by Crippen LogP contribution is 2.29. The molecule has 1 atom stereocenters. The van der Waals surface area contributed by atoms with Gasteiger partial charge in [0.15, 0.2) is 0 Å². The van der Waals surface area contributed by atoms with E-state index in [1.165, 1.54) is 23.3 Å². The molecule has 0 aliphatic heterocycles. The van der Waals surface area contributed by atoms with Crippen LogP contribution >= 0.6 is 0 Å². The van der Waals surface area contributed by atoms with Crippen molar-refractivity contribution >= 4 is 0 Å². The third kappa shape index (κ3) is 3.51. The molecule has 1 N–H and O–H groups in total. The number of rotatable bonds is 5. The van der Waals surface area contributed by atoms with Gasteiger partial charge in [0.2, 0.25) is 0 Å². The Kier molecular flexibility index (Phi) is 4.79. The Labute approximate surface area is 127 Å². The molecule has 1 unspecified atom stereocenters. The van der Waals surface area contributed by atoms with Gasteiger partial charge in [0.05, 0.1) is 6.04 Å². The van der Waals surface area contributed by atoms with Gasteiger partial charge in [0, 0.05) is 0 Å². The standard InChI is InChI=1S/C19H24FN/c1-5-19(2,3)16-10-6-14(7-11-16)18(21-4)15-8-12-17(20)13-9-15/h6-13,18,21H,5H2,1-4H3. The molecule has 0 heterocycles. The van der Waals surface area contributed by atoms with Gasteiger partial charge in [-0.3, -0.25) is 0 Å². The molecule has 0 radical (unpaired) electrons. The van der Waals surface area contributed by atoms with Crippen LogP contribution in [0.1, 0.15) is 49.9 Å².